The average molecular weight is 474 g/mol. The molecule has 0 saturated heterocycles. The number of amides is 1. The Hall–Kier alpha value is -2.57. The van der Waals surface area contributed by atoms with Gasteiger partial charge in [-0.1, -0.05) is 40.9 Å². The SMILES string of the molecule is O=C(Nc1ccc(-c2nc3cc(Cl)ccc3o2)cc1)c1sc2cc(Cl)ccc2c1Cl. The highest BCUT2D eigenvalue weighted by Gasteiger charge is 2.18. The zero-order valence-electron chi connectivity index (χ0n) is 15.1. The van der Waals surface area contributed by atoms with Crippen molar-refractivity contribution >= 4 is 78.9 Å². The maximum absolute atomic E-state index is 12.7. The molecular weight excluding hydrogens is 463 g/mol. The number of hydrogen-bond donors (Lipinski definition) is 1. The minimum Gasteiger partial charge on any atom is -0.436 e. The standard InChI is InChI=1S/C22H11Cl3N2O2S/c23-12-4-8-17-16(9-12)27-22(29-17)11-1-5-14(6-2-11)26-21(28)20-19(25)15-7-3-13(24)10-18(15)30-20/h1-10H,(H,26,28). The van der Waals surface area contributed by atoms with Gasteiger partial charge < -0.3 is 9.73 Å². The first-order valence-electron chi connectivity index (χ1n) is 8.83. The first kappa shape index (κ1) is 19.4. The number of benzene rings is 3. The highest BCUT2D eigenvalue weighted by atomic mass is 35.5. The summed E-state index contributed by atoms with van der Waals surface area (Å²) >= 11 is 19.7. The van der Waals surface area contributed by atoms with Crippen LogP contribution in [0, 0.1) is 0 Å². The van der Waals surface area contributed by atoms with Crippen molar-refractivity contribution in [2.45, 2.75) is 0 Å². The third kappa shape index (κ3) is 3.55. The van der Waals surface area contributed by atoms with Crippen molar-refractivity contribution in [2.24, 2.45) is 0 Å². The van der Waals surface area contributed by atoms with Crippen molar-refractivity contribution in [2.75, 3.05) is 5.32 Å². The molecule has 0 atom stereocenters. The van der Waals surface area contributed by atoms with Crippen LogP contribution < -0.4 is 5.32 Å². The van der Waals surface area contributed by atoms with Crippen LogP contribution in [0.15, 0.2) is 65.1 Å². The van der Waals surface area contributed by atoms with Crippen LogP contribution in [0.2, 0.25) is 15.1 Å². The van der Waals surface area contributed by atoms with E-state index in [4.69, 9.17) is 39.2 Å². The maximum Gasteiger partial charge on any atom is 0.267 e. The number of rotatable bonds is 3. The summed E-state index contributed by atoms with van der Waals surface area (Å²) in [4.78, 5) is 17.6. The summed E-state index contributed by atoms with van der Waals surface area (Å²) in [6.07, 6.45) is 0. The van der Waals surface area contributed by atoms with E-state index in [1.54, 1.807) is 42.5 Å². The van der Waals surface area contributed by atoms with Gasteiger partial charge in [0, 0.05) is 31.4 Å². The Kier molecular flexibility index (Phi) is 4.91. The second-order valence-electron chi connectivity index (χ2n) is 6.55. The number of thiophene rings is 1. The van der Waals surface area contributed by atoms with Crippen molar-refractivity contribution < 1.29 is 9.21 Å². The lowest BCUT2D eigenvalue weighted by Gasteiger charge is -2.04. The molecule has 0 radical (unpaired) electrons. The minimum absolute atomic E-state index is 0.276. The summed E-state index contributed by atoms with van der Waals surface area (Å²) in [5.74, 6) is 0.205. The summed E-state index contributed by atoms with van der Waals surface area (Å²) in [5, 5.41) is 5.30. The Morgan fingerprint density at radius 2 is 1.67 bits per heavy atom. The molecule has 5 aromatic rings. The number of oxazole rings is 1. The molecule has 0 bridgehead atoms. The summed E-state index contributed by atoms with van der Waals surface area (Å²) in [7, 11) is 0. The van der Waals surface area contributed by atoms with Gasteiger partial charge in [0.05, 0.1) is 5.02 Å². The van der Waals surface area contributed by atoms with Crippen molar-refractivity contribution in [3.05, 3.63) is 80.6 Å². The van der Waals surface area contributed by atoms with Crippen LogP contribution in [0.4, 0.5) is 5.69 Å². The molecule has 30 heavy (non-hydrogen) atoms. The second kappa shape index (κ2) is 7.60. The van der Waals surface area contributed by atoms with E-state index in [1.807, 2.05) is 18.2 Å². The summed E-state index contributed by atoms with van der Waals surface area (Å²) in [6.45, 7) is 0. The van der Waals surface area contributed by atoms with Crippen LogP contribution in [-0.4, -0.2) is 10.9 Å². The Balaban J connectivity index is 1.39. The highest BCUT2D eigenvalue weighted by molar-refractivity contribution is 7.21. The predicted octanol–water partition coefficient (Wildman–Crippen LogP) is 7.92. The topological polar surface area (TPSA) is 55.1 Å². The Morgan fingerprint density at radius 1 is 0.933 bits per heavy atom. The van der Waals surface area contributed by atoms with Gasteiger partial charge in [-0.2, -0.15) is 0 Å². The number of carbonyl (C=O) groups is 1. The van der Waals surface area contributed by atoms with Crippen LogP contribution >= 0.6 is 46.1 Å². The van der Waals surface area contributed by atoms with E-state index in [2.05, 4.69) is 10.3 Å². The molecule has 5 rings (SSSR count). The number of anilines is 1. The number of hydrogen-bond acceptors (Lipinski definition) is 4. The van der Waals surface area contributed by atoms with E-state index in [9.17, 15) is 4.79 Å². The predicted molar refractivity (Wildman–Crippen MR) is 124 cm³/mol. The largest absolute Gasteiger partial charge is 0.436 e. The van der Waals surface area contributed by atoms with Gasteiger partial charge >= 0.3 is 0 Å². The summed E-state index contributed by atoms with van der Waals surface area (Å²) in [5.41, 5.74) is 2.77. The minimum atomic E-state index is -0.276. The van der Waals surface area contributed by atoms with Crippen LogP contribution in [0.1, 0.15) is 9.67 Å². The molecular formula is C22H11Cl3N2O2S. The van der Waals surface area contributed by atoms with Gasteiger partial charge in [0.15, 0.2) is 5.58 Å². The fraction of sp³-hybridized carbons (Fsp3) is 0. The monoisotopic (exact) mass is 472 g/mol. The fourth-order valence-electron chi connectivity index (χ4n) is 3.09. The molecule has 0 unspecified atom stereocenters. The van der Waals surface area contributed by atoms with Gasteiger partial charge in [-0.3, -0.25) is 4.79 Å². The number of fused-ring (bicyclic) bond motifs is 2. The molecule has 8 heteroatoms. The zero-order valence-corrected chi connectivity index (χ0v) is 18.2. The lowest BCUT2D eigenvalue weighted by atomic mass is 10.2. The van der Waals surface area contributed by atoms with Crippen molar-refractivity contribution in [1.82, 2.24) is 4.98 Å². The number of nitrogens with zero attached hydrogens (tertiary/aromatic N) is 1. The lowest BCUT2D eigenvalue weighted by Crippen LogP contribution is -2.10. The molecule has 2 heterocycles. The van der Waals surface area contributed by atoms with Gasteiger partial charge in [-0.15, -0.1) is 11.3 Å². The quantitative estimate of drug-likeness (QED) is 0.289. The van der Waals surface area contributed by atoms with Crippen LogP contribution in [0.3, 0.4) is 0 Å². The van der Waals surface area contributed by atoms with Crippen molar-refractivity contribution in [1.29, 1.82) is 0 Å². The number of carbonyl (C=O) groups excluding carboxylic acids is 1. The van der Waals surface area contributed by atoms with E-state index < -0.39 is 0 Å². The van der Waals surface area contributed by atoms with Gasteiger partial charge in [0.25, 0.3) is 5.91 Å². The molecule has 0 spiro atoms. The Bertz CT molecular complexity index is 1420. The van der Waals surface area contributed by atoms with E-state index in [-0.39, 0.29) is 5.91 Å². The van der Waals surface area contributed by atoms with E-state index in [0.717, 1.165) is 15.6 Å². The van der Waals surface area contributed by atoms with Crippen molar-refractivity contribution in [3.63, 3.8) is 0 Å². The number of halogens is 3. The summed E-state index contributed by atoms with van der Waals surface area (Å²) < 4.78 is 6.64. The lowest BCUT2D eigenvalue weighted by molar-refractivity contribution is 0.103. The highest BCUT2D eigenvalue weighted by Crippen LogP contribution is 2.37. The molecule has 0 fully saturated rings. The van der Waals surface area contributed by atoms with Gasteiger partial charge in [-0.05, 0) is 54.6 Å². The van der Waals surface area contributed by atoms with E-state index in [1.165, 1.54) is 11.3 Å². The fourth-order valence-corrected chi connectivity index (χ4v) is 4.95. The average Bonchev–Trinajstić information content (AvgIpc) is 3.29. The third-order valence-corrected chi connectivity index (χ3v) is 6.66. The van der Waals surface area contributed by atoms with Crippen LogP contribution in [0.25, 0.3) is 32.6 Å². The molecule has 0 saturated carbocycles. The van der Waals surface area contributed by atoms with E-state index in [0.29, 0.717) is 42.6 Å². The van der Waals surface area contributed by atoms with Crippen molar-refractivity contribution in [3.8, 4) is 11.5 Å². The molecule has 3 aromatic carbocycles. The van der Waals surface area contributed by atoms with Gasteiger partial charge in [0.1, 0.15) is 10.4 Å². The first-order valence-corrected chi connectivity index (χ1v) is 10.8. The molecule has 4 nitrogen and oxygen atoms in total. The molecule has 1 N–H and O–H groups in total. The van der Waals surface area contributed by atoms with Gasteiger partial charge in [0.2, 0.25) is 5.89 Å². The second-order valence-corrected chi connectivity index (χ2v) is 8.85. The number of aromatic nitrogens is 1. The Labute approximate surface area is 190 Å². The molecule has 148 valence electrons. The third-order valence-electron chi connectivity index (χ3n) is 4.54. The molecule has 0 aliphatic heterocycles. The van der Waals surface area contributed by atoms with Crippen LogP contribution in [-0.2, 0) is 0 Å². The molecule has 0 aliphatic carbocycles. The normalized spacial score (nSPS) is 11.3. The molecule has 1 amide bonds. The zero-order chi connectivity index (χ0) is 20.8. The van der Waals surface area contributed by atoms with E-state index >= 15 is 0 Å². The van der Waals surface area contributed by atoms with Crippen LogP contribution in [0.5, 0.6) is 0 Å². The number of nitrogens with one attached hydrogen (secondary N) is 1. The molecule has 2 aromatic heterocycles. The molecule has 0 aliphatic rings. The summed E-state index contributed by atoms with van der Waals surface area (Å²) in [6, 6.07) is 17.9. The first-order chi connectivity index (χ1) is 14.5. The van der Waals surface area contributed by atoms with Gasteiger partial charge in [-0.25, -0.2) is 4.98 Å². The smallest absolute Gasteiger partial charge is 0.267 e. The Morgan fingerprint density at radius 3 is 2.47 bits per heavy atom. The maximum atomic E-state index is 12.7.